The van der Waals surface area contributed by atoms with Gasteiger partial charge in [-0.2, -0.15) is 0 Å². The predicted molar refractivity (Wildman–Crippen MR) is 72.5 cm³/mol. The van der Waals surface area contributed by atoms with Crippen LogP contribution in [0.3, 0.4) is 0 Å². The van der Waals surface area contributed by atoms with Crippen molar-refractivity contribution in [3.05, 3.63) is 0 Å². The van der Waals surface area contributed by atoms with E-state index in [0.717, 1.165) is 38.6 Å². The molecule has 0 rings (SSSR count). The second-order valence-electron chi connectivity index (χ2n) is 4.26. The van der Waals surface area contributed by atoms with E-state index in [1.54, 1.807) is 7.11 Å². The van der Waals surface area contributed by atoms with E-state index in [1.165, 1.54) is 0 Å². The van der Waals surface area contributed by atoms with Gasteiger partial charge in [-0.05, 0) is 25.8 Å². The van der Waals surface area contributed by atoms with Gasteiger partial charge in [0.1, 0.15) is 0 Å². The van der Waals surface area contributed by atoms with Crippen LogP contribution in [0.15, 0.2) is 0 Å². The van der Waals surface area contributed by atoms with Crippen molar-refractivity contribution in [3.8, 4) is 0 Å². The van der Waals surface area contributed by atoms with Crippen molar-refractivity contribution in [1.29, 1.82) is 0 Å². The van der Waals surface area contributed by atoms with Crippen molar-refractivity contribution in [3.63, 3.8) is 0 Å². The molecule has 5 heteroatoms. The number of methoxy groups -OCH3 is 1. The highest BCUT2D eigenvalue weighted by atomic mass is 16.5. The Morgan fingerprint density at radius 2 is 1.83 bits per heavy atom. The van der Waals surface area contributed by atoms with Gasteiger partial charge in [-0.25, -0.2) is 0 Å². The molecule has 108 valence electrons. The number of rotatable bonds is 13. The highest BCUT2D eigenvalue weighted by Gasteiger charge is 2.00. The summed E-state index contributed by atoms with van der Waals surface area (Å²) in [4.78, 5) is 11.4. The molecule has 0 spiro atoms. The number of hydrogen-bond acceptors (Lipinski definition) is 4. The van der Waals surface area contributed by atoms with Crippen LogP contribution >= 0.6 is 0 Å². The average Bonchev–Trinajstić information content (AvgIpc) is 2.37. The van der Waals surface area contributed by atoms with Gasteiger partial charge in [0.05, 0.1) is 13.2 Å². The van der Waals surface area contributed by atoms with Gasteiger partial charge in [-0.3, -0.25) is 4.79 Å². The monoisotopic (exact) mass is 260 g/mol. The van der Waals surface area contributed by atoms with Gasteiger partial charge in [0.25, 0.3) is 0 Å². The van der Waals surface area contributed by atoms with Crippen LogP contribution in [0.25, 0.3) is 0 Å². The van der Waals surface area contributed by atoms with E-state index in [1.807, 2.05) is 0 Å². The zero-order valence-corrected chi connectivity index (χ0v) is 11.6. The lowest BCUT2D eigenvalue weighted by Gasteiger charge is -2.06. The van der Waals surface area contributed by atoms with Gasteiger partial charge in [0, 0.05) is 26.7 Å². The van der Waals surface area contributed by atoms with Gasteiger partial charge < -0.3 is 20.5 Å². The fourth-order valence-corrected chi connectivity index (χ4v) is 1.52. The number of carbonyl (C=O) groups is 1. The average molecular weight is 260 g/mol. The summed E-state index contributed by atoms with van der Waals surface area (Å²) in [6.07, 6.45) is 5.69. The molecule has 0 radical (unpaired) electrons. The second kappa shape index (κ2) is 14.4. The van der Waals surface area contributed by atoms with Crippen LogP contribution in [0.5, 0.6) is 0 Å². The molecule has 0 saturated carbocycles. The lowest BCUT2D eigenvalue weighted by Crippen LogP contribution is -2.25. The van der Waals surface area contributed by atoms with Crippen LogP contribution in [0, 0.1) is 0 Å². The topological polar surface area (TPSA) is 73.6 Å². The summed E-state index contributed by atoms with van der Waals surface area (Å²) in [5.74, 6) is 0.139. The first-order valence-electron chi connectivity index (χ1n) is 6.84. The van der Waals surface area contributed by atoms with Gasteiger partial charge in [-0.1, -0.05) is 12.8 Å². The Hall–Kier alpha value is -0.650. The molecule has 0 aliphatic heterocycles. The van der Waals surface area contributed by atoms with Crippen molar-refractivity contribution in [1.82, 2.24) is 5.32 Å². The number of nitrogens with two attached hydrogens (primary N) is 1. The maximum atomic E-state index is 11.4. The van der Waals surface area contributed by atoms with E-state index in [9.17, 15) is 4.79 Å². The van der Waals surface area contributed by atoms with Crippen LogP contribution in [0.4, 0.5) is 0 Å². The molecule has 0 aromatic rings. The largest absolute Gasteiger partial charge is 0.382 e. The normalized spacial score (nSPS) is 10.6. The minimum absolute atomic E-state index is 0.139. The maximum absolute atomic E-state index is 11.4. The molecular formula is C13H28N2O3. The zero-order valence-electron chi connectivity index (χ0n) is 11.6. The lowest BCUT2D eigenvalue weighted by molar-refractivity contribution is -0.121. The molecule has 0 unspecified atom stereocenters. The molecular weight excluding hydrogens is 232 g/mol. The highest BCUT2D eigenvalue weighted by molar-refractivity contribution is 5.75. The summed E-state index contributed by atoms with van der Waals surface area (Å²) >= 11 is 0. The standard InChI is InChI=1S/C13H28N2O3/c1-17-11-12-18-10-6-9-15-13(16)7-4-2-3-5-8-14/h2-12,14H2,1H3,(H,15,16). The Bertz CT molecular complexity index is 189. The fraction of sp³-hybridized carbons (Fsp3) is 0.923. The van der Waals surface area contributed by atoms with E-state index >= 15 is 0 Å². The quantitative estimate of drug-likeness (QED) is 0.486. The molecule has 5 nitrogen and oxygen atoms in total. The molecule has 1 amide bonds. The minimum atomic E-state index is 0.139. The second-order valence-corrected chi connectivity index (χ2v) is 4.26. The molecule has 0 aromatic carbocycles. The highest BCUT2D eigenvalue weighted by Crippen LogP contribution is 2.01. The Kier molecular flexibility index (Phi) is 13.9. The van der Waals surface area contributed by atoms with Crippen molar-refractivity contribution < 1.29 is 14.3 Å². The SMILES string of the molecule is COCCOCCCNC(=O)CCCCCCN. The van der Waals surface area contributed by atoms with Crippen molar-refractivity contribution in [2.75, 3.05) is 40.0 Å². The smallest absolute Gasteiger partial charge is 0.219 e. The van der Waals surface area contributed by atoms with Gasteiger partial charge in [-0.15, -0.1) is 0 Å². The van der Waals surface area contributed by atoms with Crippen molar-refractivity contribution in [2.45, 2.75) is 38.5 Å². The molecule has 0 aromatic heterocycles. The zero-order chi connectivity index (χ0) is 13.5. The van der Waals surface area contributed by atoms with Gasteiger partial charge in [0.2, 0.25) is 5.91 Å². The van der Waals surface area contributed by atoms with Crippen LogP contribution < -0.4 is 11.1 Å². The third-order valence-electron chi connectivity index (χ3n) is 2.58. The molecule has 0 aliphatic carbocycles. The first kappa shape index (κ1) is 17.4. The summed E-state index contributed by atoms with van der Waals surface area (Å²) in [7, 11) is 1.65. The third kappa shape index (κ3) is 13.4. The maximum Gasteiger partial charge on any atom is 0.219 e. The molecule has 18 heavy (non-hydrogen) atoms. The molecule has 3 N–H and O–H groups in total. The molecule has 0 fully saturated rings. The van der Waals surface area contributed by atoms with Gasteiger partial charge >= 0.3 is 0 Å². The van der Waals surface area contributed by atoms with E-state index in [0.29, 0.717) is 32.8 Å². The predicted octanol–water partition coefficient (Wildman–Crippen LogP) is 1.06. The first-order valence-corrected chi connectivity index (χ1v) is 6.84. The Morgan fingerprint density at radius 3 is 2.56 bits per heavy atom. The lowest BCUT2D eigenvalue weighted by atomic mass is 10.1. The molecule has 0 aliphatic rings. The van der Waals surface area contributed by atoms with Crippen LogP contribution in [-0.2, 0) is 14.3 Å². The minimum Gasteiger partial charge on any atom is -0.382 e. The van der Waals surface area contributed by atoms with Crippen molar-refractivity contribution >= 4 is 5.91 Å². The van der Waals surface area contributed by atoms with E-state index in [-0.39, 0.29) is 5.91 Å². The number of nitrogens with one attached hydrogen (secondary N) is 1. The van der Waals surface area contributed by atoms with Crippen molar-refractivity contribution in [2.24, 2.45) is 5.73 Å². The summed E-state index contributed by atoms with van der Waals surface area (Å²) in [6.45, 7) is 3.34. The number of carbonyl (C=O) groups excluding carboxylic acids is 1. The van der Waals surface area contributed by atoms with E-state index in [4.69, 9.17) is 15.2 Å². The summed E-state index contributed by atoms with van der Waals surface area (Å²) in [6, 6.07) is 0. The summed E-state index contributed by atoms with van der Waals surface area (Å²) < 4.78 is 10.1. The fourth-order valence-electron chi connectivity index (χ4n) is 1.52. The number of unbranched alkanes of at least 4 members (excludes halogenated alkanes) is 3. The molecule has 0 bridgehead atoms. The first-order chi connectivity index (χ1) is 8.81. The number of amides is 1. The molecule has 0 atom stereocenters. The Labute approximate surface area is 110 Å². The third-order valence-corrected chi connectivity index (χ3v) is 2.58. The molecule has 0 heterocycles. The van der Waals surface area contributed by atoms with Crippen LogP contribution in [0.1, 0.15) is 38.5 Å². The molecule has 0 saturated heterocycles. The van der Waals surface area contributed by atoms with E-state index in [2.05, 4.69) is 5.32 Å². The van der Waals surface area contributed by atoms with E-state index < -0.39 is 0 Å². The Morgan fingerprint density at radius 1 is 1.06 bits per heavy atom. The number of ether oxygens (including phenoxy) is 2. The summed E-state index contributed by atoms with van der Waals surface area (Å²) in [5.41, 5.74) is 5.40. The van der Waals surface area contributed by atoms with Gasteiger partial charge in [0.15, 0.2) is 0 Å². The van der Waals surface area contributed by atoms with Crippen LogP contribution in [0.2, 0.25) is 0 Å². The Balaban J connectivity index is 3.12. The van der Waals surface area contributed by atoms with Crippen LogP contribution in [-0.4, -0.2) is 45.9 Å². The summed E-state index contributed by atoms with van der Waals surface area (Å²) in [5, 5.41) is 2.89. The number of hydrogen-bond donors (Lipinski definition) is 2.